The van der Waals surface area contributed by atoms with Gasteiger partial charge >= 0.3 is 0 Å². The van der Waals surface area contributed by atoms with E-state index in [1.165, 1.54) is 0 Å². The molecule has 2 aromatic heterocycles. The molecule has 7 nitrogen and oxygen atoms in total. The van der Waals surface area contributed by atoms with Crippen LogP contribution in [0.1, 0.15) is 22.5 Å². The Morgan fingerprint density at radius 3 is 3.00 bits per heavy atom. The van der Waals surface area contributed by atoms with E-state index in [0.29, 0.717) is 31.3 Å². The lowest BCUT2D eigenvalue weighted by Crippen LogP contribution is -2.26. The zero-order valence-corrected chi connectivity index (χ0v) is 12.5. The standard InChI is InChI=1S/C15H19N5O2/c1-22-9-3-7-17-14(21)13-5-8-18-15(20-13)19-11-12-4-2-6-16-10-12/h2,4-6,8,10H,3,7,9,11H2,1H3,(H,17,21)(H,18,19,20). The zero-order valence-electron chi connectivity index (χ0n) is 12.5. The Bertz CT molecular complexity index is 591. The van der Waals surface area contributed by atoms with Gasteiger partial charge in [-0.25, -0.2) is 9.97 Å². The lowest BCUT2D eigenvalue weighted by Gasteiger charge is -2.07. The monoisotopic (exact) mass is 301 g/mol. The van der Waals surface area contributed by atoms with Gasteiger partial charge in [-0.15, -0.1) is 0 Å². The molecule has 2 N–H and O–H groups in total. The summed E-state index contributed by atoms with van der Waals surface area (Å²) < 4.78 is 4.93. The quantitative estimate of drug-likeness (QED) is 0.713. The van der Waals surface area contributed by atoms with Crippen LogP contribution in [0.25, 0.3) is 0 Å². The SMILES string of the molecule is COCCCNC(=O)c1ccnc(NCc2cccnc2)n1. The molecule has 1 amide bonds. The van der Waals surface area contributed by atoms with Crippen LogP contribution in [0.3, 0.4) is 0 Å². The lowest BCUT2D eigenvalue weighted by atomic mass is 10.3. The van der Waals surface area contributed by atoms with Crippen molar-refractivity contribution >= 4 is 11.9 Å². The molecule has 2 aromatic rings. The summed E-state index contributed by atoms with van der Waals surface area (Å²) in [4.78, 5) is 24.3. The summed E-state index contributed by atoms with van der Waals surface area (Å²) in [5.74, 6) is 0.191. The van der Waals surface area contributed by atoms with E-state index in [1.54, 1.807) is 31.8 Å². The largest absolute Gasteiger partial charge is 0.385 e. The van der Waals surface area contributed by atoms with Crippen LogP contribution >= 0.6 is 0 Å². The molecule has 0 fully saturated rings. The van der Waals surface area contributed by atoms with Crippen LogP contribution in [-0.2, 0) is 11.3 Å². The molecule has 22 heavy (non-hydrogen) atoms. The van der Waals surface area contributed by atoms with Gasteiger partial charge < -0.3 is 15.4 Å². The summed E-state index contributed by atoms with van der Waals surface area (Å²) in [7, 11) is 1.63. The first-order valence-corrected chi connectivity index (χ1v) is 7.02. The van der Waals surface area contributed by atoms with Gasteiger partial charge in [-0.3, -0.25) is 9.78 Å². The molecule has 0 aliphatic carbocycles. The number of nitrogens with one attached hydrogen (secondary N) is 2. The Morgan fingerprint density at radius 2 is 2.23 bits per heavy atom. The van der Waals surface area contributed by atoms with Crippen molar-refractivity contribution in [2.45, 2.75) is 13.0 Å². The molecule has 0 aliphatic heterocycles. The van der Waals surface area contributed by atoms with Crippen molar-refractivity contribution in [3.63, 3.8) is 0 Å². The van der Waals surface area contributed by atoms with Crippen molar-refractivity contribution in [1.29, 1.82) is 0 Å². The van der Waals surface area contributed by atoms with E-state index in [0.717, 1.165) is 12.0 Å². The number of ether oxygens (including phenoxy) is 1. The van der Waals surface area contributed by atoms with Gasteiger partial charge in [0.2, 0.25) is 5.95 Å². The minimum Gasteiger partial charge on any atom is -0.385 e. The number of pyridine rings is 1. The number of rotatable bonds is 8. The number of carbonyl (C=O) groups is 1. The molecule has 0 aliphatic rings. The first-order chi connectivity index (χ1) is 10.8. The molecule has 2 heterocycles. The summed E-state index contributed by atoms with van der Waals surface area (Å²) in [6.45, 7) is 1.71. The highest BCUT2D eigenvalue weighted by Gasteiger charge is 2.08. The normalized spacial score (nSPS) is 10.2. The van der Waals surface area contributed by atoms with Gasteiger partial charge in [0.05, 0.1) is 0 Å². The van der Waals surface area contributed by atoms with E-state index >= 15 is 0 Å². The Balaban J connectivity index is 1.87. The fraction of sp³-hybridized carbons (Fsp3) is 0.333. The highest BCUT2D eigenvalue weighted by atomic mass is 16.5. The molecule has 116 valence electrons. The topological polar surface area (TPSA) is 89.0 Å². The average Bonchev–Trinajstić information content (AvgIpc) is 2.58. The van der Waals surface area contributed by atoms with Gasteiger partial charge in [-0.2, -0.15) is 0 Å². The van der Waals surface area contributed by atoms with E-state index in [4.69, 9.17) is 4.74 Å². The second-order valence-corrected chi connectivity index (χ2v) is 4.58. The molecule has 0 radical (unpaired) electrons. The fourth-order valence-corrected chi connectivity index (χ4v) is 1.76. The van der Waals surface area contributed by atoms with E-state index < -0.39 is 0 Å². The van der Waals surface area contributed by atoms with Crippen molar-refractivity contribution in [3.05, 3.63) is 48.0 Å². The third-order valence-electron chi connectivity index (χ3n) is 2.87. The smallest absolute Gasteiger partial charge is 0.270 e. The molecule has 0 saturated carbocycles. The van der Waals surface area contributed by atoms with E-state index in [9.17, 15) is 4.79 Å². The molecule has 0 aromatic carbocycles. The molecule has 0 saturated heterocycles. The predicted molar refractivity (Wildman–Crippen MR) is 82.4 cm³/mol. The summed E-state index contributed by atoms with van der Waals surface area (Å²) in [6, 6.07) is 5.40. The van der Waals surface area contributed by atoms with Gasteiger partial charge in [0.1, 0.15) is 5.69 Å². The summed E-state index contributed by atoms with van der Waals surface area (Å²) >= 11 is 0. The zero-order chi connectivity index (χ0) is 15.6. The van der Waals surface area contributed by atoms with E-state index in [1.807, 2.05) is 12.1 Å². The van der Waals surface area contributed by atoms with Crippen LogP contribution in [0.4, 0.5) is 5.95 Å². The minimum atomic E-state index is -0.220. The molecular weight excluding hydrogens is 282 g/mol. The maximum absolute atomic E-state index is 12.0. The Hall–Kier alpha value is -2.54. The number of hydrogen-bond donors (Lipinski definition) is 2. The highest BCUT2D eigenvalue weighted by Crippen LogP contribution is 2.04. The first-order valence-electron chi connectivity index (χ1n) is 7.02. The molecular formula is C15H19N5O2. The predicted octanol–water partition coefficient (Wildman–Crippen LogP) is 1.25. The maximum atomic E-state index is 12.0. The number of hydrogen-bond acceptors (Lipinski definition) is 6. The fourth-order valence-electron chi connectivity index (χ4n) is 1.76. The van der Waals surface area contributed by atoms with Crippen LogP contribution in [-0.4, -0.2) is 41.1 Å². The highest BCUT2D eigenvalue weighted by molar-refractivity contribution is 5.92. The Labute approximate surface area is 129 Å². The number of nitrogens with zero attached hydrogens (tertiary/aromatic N) is 3. The Kier molecular flexibility index (Phi) is 6.25. The van der Waals surface area contributed by atoms with E-state index in [2.05, 4.69) is 25.6 Å². The molecule has 0 bridgehead atoms. The molecule has 7 heteroatoms. The van der Waals surface area contributed by atoms with Crippen molar-refractivity contribution < 1.29 is 9.53 Å². The lowest BCUT2D eigenvalue weighted by molar-refractivity contribution is 0.0943. The van der Waals surface area contributed by atoms with Crippen LogP contribution in [0.15, 0.2) is 36.8 Å². The molecule has 0 spiro atoms. The summed E-state index contributed by atoms with van der Waals surface area (Å²) in [5, 5.41) is 5.86. The van der Waals surface area contributed by atoms with Gasteiger partial charge in [0.25, 0.3) is 5.91 Å². The van der Waals surface area contributed by atoms with E-state index in [-0.39, 0.29) is 5.91 Å². The molecule has 0 unspecified atom stereocenters. The van der Waals surface area contributed by atoms with Gasteiger partial charge in [-0.1, -0.05) is 6.07 Å². The summed E-state index contributed by atoms with van der Waals surface area (Å²) in [5.41, 5.74) is 1.35. The summed E-state index contributed by atoms with van der Waals surface area (Å²) in [6.07, 6.45) is 5.80. The third-order valence-corrected chi connectivity index (χ3v) is 2.87. The van der Waals surface area contributed by atoms with Crippen LogP contribution < -0.4 is 10.6 Å². The minimum absolute atomic E-state index is 0.220. The first kappa shape index (κ1) is 15.8. The van der Waals surface area contributed by atoms with Gasteiger partial charge in [-0.05, 0) is 24.1 Å². The average molecular weight is 301 g/mol. The number of amides is 1. The number of methoxy groups -OCH3 is 1. The van der Waals surface area contributed by atoms with Crippen molar-refractivity contribution in [2.24, 2.45) is 0 Å². The third kappa shape index (κ3) is 5.10. The second-order valence-electron chi connectivity index (χ2n) is 4.58. The van der Waals surface area contributed by atoms with Gasteiger partial charge in [0, 0.05) is 45.4 Å². The van der Waals surface area contributed by atoms with Crippen molar-refractivity contribution in [1.82, 2.24) is 20.3 Å². The maximum Gasteiger partial charge on any atom is 0.270 e. The van der Waals surface area contributed by atoms with Gasteiger partial charge in [0.15, 0.2) is 0 Å². The van der Waals surface area contributed by atoms with Crippen LogP contribution in [0, 0.1) is 0 Å². The van der Waals surface area contributed by atoms with Crippen molar-refractivity contribution in [2.75, 3.05) is 25.6 Å². The molecule has 0 atom stereocenters. The van der Waals surface area contributed by atoms with Crippen LogP contribution in [0.5, 0.6) is 0 Å². The Morgan fingerprint density at radius 1 is 1.32 bits per heavy atom. The number of anilines is 1. The van der Waals surface area contributed by atoms with Crippen LogP contribution in [0.2, 0.25) is 0 Å². The molecule has 2 rings (SSSR count). The second kappa shape index (κ2) is 8.68. The van der Waals surface area contributed by atoms with Crippen molar-refractivity contribution in [3.8, 4) is 0 Å². The number of carbonyl (C=O) groups excluding carboxylic acids is 1. The number of aromatic nitrogens is 3.